The number of amides is 3. The number of hydrogen-bond acceptors (Lipinski definition) is 4. The molecule has 0 spiro atoms. The Morgan fingerprint density at radius 1 is 1.25 bits per heavy atom. The van der Waals surface area contributed by atoms with Crippen molar-refractivity contribution in [1.29, 1.82) is 0 Å². The summed E-state index contributed by atoms with van der Waals surface area (Å²) in [5, 5.41) is 13.7. The molecule has 0 aromatic carbocycles. The van der Waals surface area contributed by atoms with E-state index in [4.69, 9.17) is 15.6 Å². The first kappa shape index (κ1) is 18.2. The third kappa shape index (κ3) is 10.1. The highest BCUT2D eigenvalue weighted by molar-refractivity contribution is 5.83. The minimum absolute atomic E-state index is 0.0219. The van der Waals surface area contributed by atoms with Crippen molar-refractivity contribution in [2.24, 2.45) is 5.73 Å². The van der Waals surface area contributed by atoms with Crippen LogP contribution in [-0.2, 0) is 14.3 Å². The van der Waals surface area contributed by atoms with Crippen LogP contribution in [0.25, 0.3) is 0 Å². The van der Waals surface area contributed by atoms with Crippen molar-refractivity contribution in [3.63, 3.8) is 0 Å². The van der Waals surface area contributed by atoms with Crippen LogP contribution >= 0.6 is 0 Å². The van der Waals surface area contributed by atoms with Gasteiger partial charge in [-0.1, -0.05) is 0 Å². The Morgan fingerprint density at radius 3 is 2.50 bits per heavy atom. The number of nitrogens with one attached hydrogen (secondary N) is 2. The monoisotopic (exact) mass is 289 g/mol. The summed E-state index contributed by atoms with van der Waals surface area (Å²) in [5.41, 5.74) is 4.94. The fraction of sp³-hybridized carbons (Fsp3) is 0.750. The maximum absolute atomic E-state index is 11.5. The SMILES string of the molecule is COCCCCCNC(=O)N[C@H](CCC(N)=O)C(=O)O. The van der Waals surface area contributed by atoms with Gasteiger partial charge in [-0.3, -0.25) is 4.79 Å². The van der Waals surface area contributed by atoms with Crippen molar-refractivity contribution in [3.8, 4) is 0 Å². The van der Waals surface area contributed by atoms with Crippen molar-refractivity contribution in [3.05, 3.63) is 0 Å². The van der Waals surface area contributed by atoms with E-state index in [1.807, 2.05) is 0 Å². The Morgan fingerprint density at radius 2 is 1.95 bits per heavy atom. The third-order valence-electron chi connectivity index (χ3n) is 2.59. The van der Waals surface area contributed by atoms with E-state index < -0.39 is 23.9 Å². The standard InChI is InChI=1S/C12H23N3O5/c1-20-8-4-2-3-7-14-12(19)15-9(11(17)18)5-6-10(13)16/h9H,2-8H2,1H3,(H2,13,16)(H,17,18)(H2,14,15,19)/t9-/m1/s1. The first-order chi connectivity index (χ1) is 9.47. The lowest BCUT2D eigenvalue weighted by Crippen LogP contribution is -2.46. The summed E-state index contributed by atoms with van der Waals surface area (Å²) in [6, 6.07) is -1.68. The molecule has 5 N–H and O–H groups in total. The van der Waals surface area contributed by atoms with Crippen molar-refractivity contribution < 1.29 is 24.2 Å². The Kier molecular flexibility index (Phi) is 10.0. The maximum atomic E-state index is 11.5. The molecule has 0 bridgehead atoms. The fourth-order valence-corrected chi connectivity index (χ4v) is 1.50. The molecule has 0 heterocycles. The second-order valence-corrected chi connectivity index (χ2v) is 4.35. The van der Waals surface area contributed by atoms with Gasteiger partial charge in [0.05, 0.1) is 0 Å². The number of carbonyl (C=O) groups excluding carboxylic acids is 2. The molecule has 116 valence electrons. The van der Waals surface area contributed by atoms with Gasteiger partial charge in [0.15, 0.2) is 0 Å². The molecule has 1 atom stereocenters. The number of rotatable bonds is 11. The smallest absolute Gasteiger partial charge is 0.326 e. The lowest BCUT2D eigenvalue weighted by molar-refractivity contribution is -0.139. The molecule has 0 rings (SSSR count). The van der Waals surface area contributed by atoms with Crippen molar-refractivity contribution in [2.75, 3.05) is 20.3 Å². The van der Waals surface area contributed by atoms with Crippen LogP contribution in [0.2, 0.25) is 0 Å². The Bertz CT molecular complexity index is 322. The van der Waals surface area contributed by atoms with Gasteiger partial charge in [0, 0.05) is 26.7 Å². The molecule has 0 aliphatic rings. The number of methoxy groups -OCH3 is 1. The van der Waals surface area contributed by atoms with Gasteiger partial charge in [0.1, 0.15) is 6.04 Å². The molecule has 20 heavy (non-hydrogen) atoms. The number of nitrogens with two attached hydrogens (primary N) is 1. The number of unbranched alkanes of at least 4 members (excludes halogenated alkanes) is 2. The van der Waals surface area contributed by atoms with Crippen LogP contribution < -0.4 is 16.4 Å². The lowest BCUT2D eigenvalue weighted by atomic mass is 10.1. The van der Waals surface area contributed by atoms with E-state index in [1.165, 1.54) is 0 Å². The van der Waals surface area contributed by atoms with E-state index in [2.05, 4.69) is 10.6 Å². The molecule has 0 aliphatic carbocycles. The number of carboxylic acids is 1. The average molecular weight is 289 g/mol. The molecule has 0 aliphatic heterocycles. The molecule has 0 radical (unpaired) electrons. The molecule has 0 saturated heterocycles. The number of carbonyl (C=O) groups is 3. The normalized spacial score (nSPS) is 11.7. The number of ether oxygens (including phenoxy) is 1. The Hall–Kier alpha value is -1.83. The molecule has 0 aromatic rings. The highest BCUT2D eigenvalue weighted by Crippen LogP contribution is 1.98. The lowest BCUT2D eigenvalue weighted by Gasteiger charge is -2.14. The Balaban J connectivity index is 3.84. The van der Waals surface area contributed by atoms with Crippen LogP contribution in [0, 0.1) is 0 Å². The van der Waals surface area contributed by atoms with Gasteiger partial charge in [-0.05, 0) is 25.7 Å². The zero-order chi connectivity index (χ0) is 15.4. The van der Waals surface area contributed by atoms with E-state index in [0.717, 1.165) is 19.3 Å². The van der Waals surface area contributed by atoms with Gasteiger partial charge in [-0.25, -0.2) is 9.59 Å². The maximum Gasteiger partial charge on any atom is 0.326 e. The zero-order valence-corrected chi connectivity index (χ0v) is 11.7. The summed E-state index contributed by atoms with van der Waals surface area (Å²) in [4.78, 5) is 33.0. The van der Waals surface area contributed by atoms with E-state index in [0.29, 0.717) is 13.2 Å². The van der Waals surface area contributed by atoms with Crippen molar-refractivity contribution in [2.45, 2.75) is 38.1 Å². The second kappa shape index (κ2) is 11.0. The first-order valence-electron chi connectivity index (χ1n) is 6.51. The Labute approximate surface area is 118 Å². The van der Waals surface area contributed by atoms with E-state index in [9.17, 15) is 14.4 Å². The fourth-order valence-electron chi connectivity index (χ4n) is 1.50. The van der Waals surface area contributed by atoms with Crippen LogP contribution in [0.5, 0.6) is 0 Å². The van der Waals surface area contributed by atoms with E-state index in [1.54, 1.807) is 7.11 Å². The summed E-state index contributed by atoms with van der Waals surface area (Å²) in [6.45, 7) is 1.14. The van der Waals surface area contributed by atoms with Crippen LogP contribution in [0.15, 0.2) is 0 Å². The predicted molar refractivity (Wildman–Crippen MR) is 72.1 cm³/mol. The summed E-state index contributed by atoms with van der Waals surface area (Å²) >= 11 is 0. The molecule has 8 nitrogen and oxygen atoms in total. The predicted octanol–water partition coefficient (Wildman–Crippen LogP) is -0.179. The minimum Gasteiger partial charge on any atom is -0.480 e. The number of hydrogen-bond donors (Lipinski definition) is 4. The van der Waals surface area contributed by atoms with Crippen LogP contribution in [0.4, 0.5) is 4.79 Å². The highest BCUT2D eigenvalue weighted by atomic mass is 16.5. The van der Waals surface area contributed by atoms with Gasteiger partial charge in [-0.2, -0.15) is 0 Å². The van der Waals surface area contributed by atoms with Gasteiger partial charge in [0.25, 0.3) is 0 Å². The summed E-state index contributed by atoms with van der Waals surface area (Å²) in [6.07, 6.45) is 2.50. The zero-order valence-electron chi connectivity index (χ0n) is 11.7. The second-order valence-electron chi connectivity index (χ2n) is 4.35. The van der Waals surface area contributed by atoms with Gasteiger partial charge in [0.2, 0.25) is 5.91 Å². The van der Waals surface area contributed by atoms with E-state index in [-0.39, 0.29) is 12.8 Å². The van der Waals surface area contributed by atoms with Crippen molar-refractivity contribution >= 4 is 17.9 Å². The average Bonchev–Trinajstić information content (AvgIpc) is 2.38. The van der Waals surface area contributed by atoms with Gasteiger partial charge >= 0.3 is 12.0 Å². The minimum atomic E-state index is -1.19. The number of primary amides is 1. The van der Waals surface area contributed by atoms with Crippen LogP contribution in [-0.4, -0.2) is 49.3 Å². The molecule has 8 heteroatoms. The largest absolute Gasteiger partial charge is 0.480 e. The number of aliphatic carboxylic acids is 1. The molecule has 0 fully saturated rings. The topological polar surface area (TPSA) is 131 Å². The summed E-state index contributed by atoms with van der Waals surface area (Å²) < 4.78 is 4.89. The summed E-state index contributed by atoms with van der Waals surface area (Å²) in [7, 11) is 1.63. The van der Waals surface area contributed by atoms with Crippen LogP contribution in [0.1, 0.15) is 32.1 Å². The number of urea groups is 1. The molecule has 0 saturated carbocycles. The van der Waals surface area contributed by atoms with Gasteiger partial charge < -0.3 is 26.2 Å². The summed E-state index contributed by atoms with van der Waals surface area (Å²) in [5.74, 6) is -1.79. The first-order valence-corrected chi connectivity index (χ1v) is 6.51. The number of carboxylic acid groups (broad SMARTS) is 1. The molecular formula is C12H23N3O5. The van der Waals surface area contributed by atoms with Crippen molar-refractivity contribution in [1.82, 2.24) is 10.6 Å². The molecule has 0 unspecified atom stereocenters. The molecule has 0 aromatic heterocycles. The quantitative estimate of drug-likeness (QED) is 0.392. The van der Waals surface area contributed by atoms with Crippen LogP contribution in [0.3, 0.4) is 0 Å². The highest BCUT2D eigenvalue weighted by Gasteiger charge is 2.20. The molecular weight excluding hydrogens is 266 g/mol. The van der Waals surface area contributed by atoms with E-state index >= 15 is 0 Å². The molecule has 3 amide bonds. The van der Waals surface area contributed by atoms with Gasteiger partial charge in [-0.15, -0.1) is 0 Å². The third-order valence-corrected chi connectivity index (χ3v) is 2.59.